The molecule has 1 N–H and O–H groups in total. The van der Waals surface area contributed by atoms with E-state index in [0.717, 1.165) is 22.5 Å². The maximum Gasteiger partial charge on any atom is 0.240 e. The standard InChI is InChI=1S/C28H33FN4O3S/c1-17(2)30-22(34)15-32-23(35)16-37-25(18-8-7-9-19(29)14-18)24-26(28(3,4)5)31-33(27(24)32)20-10-12-21(36-6)13-11-20/h7-14,17,25H,15-16H2,1-6H3,(H,30,34). The van der Waals surface area contributed by atoms with Crippen molar-refractivity contribution in [1.29, 1.82) is 0 Å². The first-order chi connectivity index (χ1) is 17.5. The minimum atomic E-state index is -0.396. The molecule has 0 aliphatic carbocycles. The molecule has 0 saturated heterocycles. The molecule has 2 amide bonds. The summed E-state index contributed by atoms with van der Waals surface area (Å²) >= 11 is 1.42. The Bertz CT molecular complexity index is 1300. The molecule has 3 aromatic rings. The second-order valence-electron chi connectivity index (χ2n) is 10.4. The number of nitrogens with zero attached hydrogens (tertiary/aromatic N) is 3. The van der Waals surface area contributed by atoms with Crippen LogP contribution in [-0.2, 0) is 15.0 Å². The highest BCUT2D eigenvalue weighted by Crippen LogP contribution is 2.48. The predicted octanol–water partition coefficient (Wildman–Crippen LogP) is 5.01. The second-order valence-corrected chi connectivity index (χ2v) is 11.5. The average Bonchev–Trinajstić information content (AvgIpc) is 3.17. The summed E-state index contributed by atoms with van der Waals surface area (Å²) in [5.41, 5.74) is 2.66. The Hall–Kier alpha value is -3.33. The van der Waals surface area contributed by atoms with Gasteiger partial charge in [0.2, 0.25) is 11.8 Å². The van der Waals surface area contributed by atoms with Crippen molar-refractivity contribution in [1.82, 2.24) is 15.1 Å². The molecule has 0 fully saturated rings. The van der Waals surface area contributed by atoms with E-state index in [1.807, 2.05) is 44.2 Å². The third-order valence-corrected chi connectivity index (χ3v) is 7.27. The summed E-state index contributed by atoms with van der Waals surface area (Å²) in [5, 5.41) is 7.56. The van der Waals surface area contributed by atoms with Crippen LogP contribution in [0, 0.1) is 5.82 Å². The van der Waals surface area contributed by atoms with Crippen LogP contribution in [0.2, 0.25) is 0 Å². The number of aromatic nitrogens is 2. The number of ether oxygens (including phenoxy) is 1. The summed E-state index contributed by atoms with van der Waals surface area (Å²) in [6.07, 6.45) is 0. The Balaban J connectivity index is 2.00. The molecule has 1 aliphatic rings. The van der Waals surface area contributed by atoms with E-state index in [4.69, 9.17) is 9.84 Å². The van der Waals surface area contributed by atoms with Gasteiger partial charge in [-0.05, 0) is 55.8 Å². The lowest BCUT2D eigenvalue weighted by molar-refractivity contribution is -0.123. The number of fused-ring (bicyclic) bond motifs is 1. The number of nitrogens with one attached hydrogen (secondary N) is 1. The predicted molar refractivity (Wildman–Crippen MR) is 145 cm³/mol. The maximum absolute atomic E-state index is 14.4. The van der Waals surface area contributed by atoms with Crippen molar-refractivity contribution in [2.24, 2.45) is 0 Å². The lowest BCUT2D eigenvalue weighted by atomic mass is 9.87. The largest absolute Gasteiger partial charge is 0.497 e. The lowest BCUT2D eigenvalue weighted by Gasteiger charge is -2.25. The fourth-order valence-electron chi connectivity index (χ4n) is 4.42. The van der Waals surface area contributed by atoms with Crippen LogP contribution < -0.4 is 15.0 Å². The van der Waals surface area contributed by atoms with Gasteiger partial charge in [-0.15, -0.1) is 11.8 Å². The van der Waals surface area contributed by atoms with Crippen molar-refractivity contribution >= 4 is 29.4 Å². The molecule has 1 unspecified atom stereocenters. The first-order valence-corrected chi connectivity index (χ1v) is 13.3. The second kappa shape index (κ2) is 10.6. The van der Waals surface area contributed by atoms with Crippen LogP contribution in [0.3, 0.4) is 0 Å². The van der Waals surface area contributed by atoms with Crippen molar-refractivity contribution in [2.75, 3.05) is 24.3 Å². The number of anilines is 1. The van der Waals surface area contributed by atoms with Crippen LogP contribution in [0.15, 0.2) is 48.5 Å². The highest BCUT2D eigenvalue weighted by Gasteiger charge is 2.40. The molecule has 37 heavy (non-hydrogen) atoms. The molecule has 0 saturated carbocycles. The number of hydrogen-bond donors (Lipinski definition) is 1. The topological polar surface area (TPSA) is 76.5 Å². The van der Waals surface area contributed by atoms with E-state index >= 15 is 0 Å². The van der Waals surface area contributed by atoms with Gasteiger partial charge in [0.1, 0.15) is 23.9 Å². The number of carbonyl (C=O) groups excluding carboxylic acids is 2. The number of amides is 2. The number of methoxy groups -OCH3 is 1. The van der Waals surface area contributed by atoms with Gasteiger partial charge in [-0.25, -0.2) is 9.07 Å². The molecule has 1 aromatic heterocycles. The van der Waals surface area contributed by atoms with Crippen molar-refractivity contribution in [3.8, 4) is 11.4 Å². The fraction of sp³-hybridized carbons (Fsp3) is 0.393. The summed E-state index contributed by atoms with van der Waals surface area (Å²) < 4.78 is 21.4. The normalized spacial score (nSPS) is 15.9. The minimum absolute atomic E-state index is 0.0693. The van der Waals surface area contributed by atoms with Gasteiger partial charge in [0.05, 0.1) is 29.5 Å². The fourth-order valence-corrected chi connectivity index (χ4v) is 5.61. The minimum Gasteiger partial charge on any atom is -0.497 e. The van der Waals surface area contributed by atoms with E-state index in [0.29, 0.717) is 11.6 Å². The Morgan fingerprint density at radius 1 is 1.22 bits per heavy atom. The van der Waals surface area contributed by atoms with Gasteiger partial charge in [0, 0.05) is 17.0 Å². The molecule has 0 bridgehead atoms. The molecule has 7 nitrogen and oxygen atoms in total. The molecule has 9 heteroatoms. The molecule has 0 radical (unpaired) electrons. The average molecular weight is 525 g/mol. The van der Waals surface area contributed by atoms with E-state index in [2.05, 4.69) is 26.1 Å². The number of benzene rings is 2. The first-order valence-electron chi connectivity index (χ1n) is 12.2. The Morgan fingerprint density at radius 2 is 1.92 bits per heavy atom. The highest BCUT2D eigenvalue weighted by atomic mass is 32.2. The third-order valence-electron chi connectivity index (χ3n) is 6.02. The van der Waals surface area contributed by atoms with Crippen LogP contribution in [0.5, 0.6) is 5.75 Å². The van der Waals surface area contributed by atoms with Gasteiger partial charge in [-0.3, -0.25) is 14.5 Å². The smallest absolute Gasteiger partial charge is 0.240 e. The summed E-state index contributed by atoms with van der Waals surface area (Å²) in [6, 6.07) is 13.8. The number of rotatable bonds is 6. The van der Waals surface area contributed by atoms with Crippen molar-refractivity contribution in [3.05, 3.63) is 71.2 Å². The molecular formula is C28H33FN4O3S. The quantitative estimate of drug-likeness (QED) is 0.491. The van der Waals surface area contributed by atoms with Crippen molar-refractivity contribution in [2.45, 2.75) is 51.3 Å². The van der Waals surface area contributed by atoms with Gasteiger partial charge in [0.15, 0.2) is 0 Å². The van der Waals surface area contributed by atoms with E-state index in [1.54, 1.807) is 17.9 Å². The van der Waals surface area contributed by atoms with Crippen LogP contribution >= 0.6 is 11.8 Å². The van der Waals surface area contributed by atoms with E-state index < -0.39 is 5.41 Å². The van der Waals surface area contributed by atoms with Gasteiger partial charge < -0.3 is 10.1 Å². The molecule has 196 valence electrons. The summed E-state index contributed by atoms with van der Waals surface area (Å²) in [7, 11) is 1.60. The van der Waals surface area contributed by atoms with Gasteiger partial charge in [-0.2, -0.15) is 5.10 Å². The van der Waals surface area contributed by atoms with E-state index in [1.165, 1.54) is 28.8 Å². The highest BCUT2D eigenvalue weighted by molar-refractivity contribution is 8.00. The third kappa shape index (κ3) is 5.66. The van der Waals surface area contributed by atoms with Crippen molar-refractivity contribution < 1.29 is 18.7 Å². The molecule has 1 atom stereocenters. The SMILES string of the molecule is COc1ccc(-n2nc(C(C)(C)C)c3c2N(CC(=O)NC(C)C)C(=O)CSC3c2cccc(F)c2)cc1. The molecular weight excluding hydrogens is 491 g/mol. The zero-order valence-electron chi connectivity index (χ0n) is 22.0. The number of carbonyl (C=O) groups is 2. The molecule has 4 rings (SSSR count). The number of thioether (sulfide) groups is 1. The summed E-state index contributed by atoms with van der Waals surface area (Å²) in [5.74, 6) is 0.538. The number of hydrogen-bond acceptors (Lipinski definition) is 5. The van der Waals surface area contributed by atoms with Crippen LogP contribution in [-0.4, -0.2) is 47.0 Å². The maximum atomic E-state index is 14.4. The molecule has 1 aliphatic heterocycles. The zero-order chi connectivity index (χ0) is 26.9. The Labute approximate surface area is 221 Å². The van der Waals surface area contributed by atoms with Crippen molar-refractivity contribution in [3.63, 3.8) is 0 Å². The molecule has 2 aromatic carbocycles. The zero-order valence-corrected chi connectivity index (χ0v) is 22.9. The Morgan fingerprint density at radius 3 is 2.51 bits per heavy atom. The van der Waals surface area contributed by atoms with E-state index in [-0.39, 0.29) is 41.2 Å². The monoisotopic (exact) mass is 524 g/mol. The number of halogens is 1. The lowest BCUT2D eigenvalue weighted by Crippen LogP contribution is -2.44. The molecule has 0 spiro atoms. The Kier molecular flexibility index (Phi) is 7.64. The van der Waals surface area contributed by atoms with Crippen LogP contribution in [0.4, 0.5) is 10.2 Å². The van der Waals surface area contributed by atoms with Gasteiger partial charge in [-0.1, -0.05) is 32.9 Å². The van der Waals surface area contributed by atoms with Gasteiger partial charge in [0.25, 0.3) is 0 Å². The molecule has 2 heterocycles. The summed E-state index contributed by atoms with van der Waals surface area (Å²) in [6.45, 7) is 9.79. The van der Waals surface area contributed by atoms with Crippen LogP contribution in [0.25, 0.3) is 5.69 Å². The van der Waals surface area contributed by atoms with Crippen LogP contribution in [0.1, 0.15) is 56.7 Å². The van der Waals surface area contributed by atoms with E-state index in [9.17, 15) is 14.0 Å². The summed E-state index contributed by atoms with van der Waals surface area (Å²) in [4.78, 5) is 28.0. The van der Waals surface area contributed by atoms with Gasteiger partial charge >= 0.3 is 0 Å². The first kappa shape index (κ1) is 26.7.